The lowest BCUT2D eigenvalue weighted by Crippen LogP contribution is -2.40. The molecule has 104 valence electrons. The van der Waals surface area contributed by atoms with E-state index in [2.05, 4.69) is 31.5 Å². The smallest absolute Gasteiger partial charge is 0.319 e. The lowest BCUT2D eigenvalue weighted by Gasteiger charge is -2.26. The van der Waals surface area contributed by atoms with E-state index in [9.17, 15) is 9.90 Å². The lowest BCUT2D eigenvalue weighted by molar-refractivity contribution is 0.118. The number of hydrogen-bond acceptors (Lipinski definition) is 3. The van der Waals surface area contributed by atoms with Crippen molar-refractivity contribution in [1.82, 2.24) is 10.3 Å². The zero-order chi connectivity index (χ0) is 13.8. The molecule has 0 unspecified atom stereocenters. The summed E-state index contributed by atoms with van der Waals surface area (Å²) in [7, 11) is 0. The van der Waals surface area contributed by atoms with Gasteiger partial charge in [0, 0.05) is 12.2 Å². The highest BCUT2D eigenvalue weighted by Crippen LogP contribution is 2.28. The largest absolute Gasteiger partial charge is 0.393 e. The predicted octanol–water partition coefficient (Wildman–Crippen LogP) is 2.92. The number of carbonyl (C=O) groups excluding carboxylic acids is 1. The Kier molecular flexibility index (Phi) is 5.01. The summed E-state index contributed by atoms with van der Waals surface area (Å²) in [5, 5.41) is 15.4. The number of urea groups is 1. The number of aliphatic hydroxyl groups is 1. The predicted molar refractivity (Wildman–Crippen MR) is 77.4 cm³/mol. The minimum Gasteiger partial charge on any atom is -0.393 e. The number of halogens is 2. The van der Waals surface area contributed by atoms with Crippen LogP contribution in [0, 0.1) is 0 Å². The number of amides is 2. The van der Waals surface area contributed by atoms with Crippen LogP contribution in [0.2, 0.25) is 5.02 Å². The van der Waals surface area contributed by atoms with Crippen molar-refractivity contribution < 1.29 is 9.90 Å². The van der Waals surface area contributed by atoms with Crippen molar-refractivity contribution >= 4 is 39.2 Å². The summed E-state index contributed by atoms with van der Waals surface area (Å²) in [5.41, 5.74) is 0.462. The Morgan fingerprint density at radius 3 is 2.74 bits per heavy atom. The van der Waals surface area contributed by atoms with Crippen LogP contribution in [0.4, 0.5) is 10.5 Å². The quantitative estimate of drug-likeness (QED) is 0.769. The number of carbonyl (C=O) groups is 1. The van der Waals surface area contributed by atoms with Gasteiger partial charge in [0.15, 0.2) is 0 Å². The number of nitrogens with one attached hydrogen (secondary N) is 2. The molecule has 1 aromatic rings. The maximum atomic E-state index is 11.8. The first kappa shape index (κ1) is 14.6. The number of anilines is 1. The third-order valence-corrected chi connectivity index (χ3v) is 4.35. The summed E-state index contributed by atoms with van der Waals surface area (Å²) in [5.74, 6) is 0. The summed E-state index contributed by atoms with van der Waals surface area (Å²) < 4.78 is 0.632. The van der Waals surface area contributed by atoms with Crippen molar-refractivity contribution in [3.63, 3.8) is 0 Å². The second-order valence-electron chi connectivity index (χ2n) is 4.59. The topological polar surface area (TPSA) is 74.2 Å². The first-order valence-corrected chi connectivity index (χ1v) is 7.28. The Labute approximate surface area is 124 Å². The maximum absolute atomic E-state index is 11.8. The number of nitrogens with zero attached hydrogens (tertiary/aromatic N) is 1. The van der Waals surface area contributed by atoms with Gasteiger partial charge in [-0.2, -0.15) is 0 Å². The summed E-state index contributed by atoms with van der Waals surface area (Å²) in [6, 6.07) is -0.203. The van der Waals surface area contributed by atoms with E-state index in [1.165, 1.54) is 6.20 Å². The molecule has 0 radical (unpaired) electrons. The van der Waals surface area contributed by atoms with E-state index < -0.39 is 0 Å². The van der Waals surface area contributed by atoms with Crippen molar-refractivity contribution in [2.75, 3.05) is 5.32 Å². The zero-order valence-electron chi connectivity index (χ0n) is 10.2. The SMILES string of the molecule is O=C(Nc1cncc(Br)c1Cl)NC1CCC(O)CC1. The zero-order valence-corrected chi connectivity index (χ0v) is 12.5. The fourth-order valence-corrected chi connectivity index (χ4v) is 2.55. The van der Waals surface area contributed by atoms with Crippen molar-refractivity contribution in [3.8, 4) is 0 Å². The van der Waals surface area contributed by atoms with Crippen LogP contribution in [-0.4, -0.2) is 28.3 Å². The molecule has 1 aliphatic carbocycles. The molecular weight excluding hydrogens is 334 g/mol. The molecule has 3 N–H and O–H groups in total. The van der Waals surface area contributed by atoms with Crippen molar-refractivity contribution in [2.45, 2.75) is 37.8 Å². The molecule has 7 heteroatoms. The van der Waals surface area contributed by atoms with Gasteiger partial charge in [0.2, 0.25) is 0 Å². The molecule has 0 spiro atoms. The van der Waals surface area contributed by atoms with E-state index in [1.807, 2.05) is 0 Å². The molecule has 0 atom stereocenters. The molecule has 5 nitrogen and oxygen atoms in total. The molecule has 1 aromatic heterocycles. The fourth-order valence-electron chi connectivity index (χ4n) is 2.07. The van der Waals surface area contributed by atoms with Crippen LogP contribution >= 0.6 is 27.5 Å². The van der Waals surface area contributed by atoms with Gasteiger partial charge in [-0.1, -0.05) is 11.6 Å². The van der Waals surface area contributed by atoms with E-state index in [1.54, 1.807) is 6.20 Å². The van der Waals surface area contributed by atoms with Gasteiger partial charge in [0.25, 0.3) is 0 Å². The third-order valence-electron chi connectivity index (χ3n) is 3.12. The highest BCUT2D eigenvalue weighted by molar-refractivity contribution is 9.10. The van der Waals surface area contributed by atoms with Crippen LogP contribution in [0.5, 0.6) is 0 Å². The number of pyridine rings is 1. The molecule has 2 rings (SSSR count). The van der Waals surface area contributed by atoms with E-state index in [4.69, 9.17) is 11.6 Å². The average molecular weight is 349 g/mol. The Balaban J connectivity index is 1.89. The van der Waals surface area contributed by atoms with Gasteiger partial charge in [-0.3, -0.25) is 4.98 Å². The van der Waals surface area contributed by atoms with Crippen molar-refractivity contribution in [1.29, 1.82) is 0 Å². The van der Waals surface area contributed by atoms with Gasteiger partial charge in [-0.15, -0.1) is 0 Å². The molecule has 1 fully saturated rings. The molecule has 1 heterocycles. The highest BCUT2D eigenvalue weighted by Gasteiger charge is 2.21. The van der Waals surface area contributed by atoms with Crippen LogP contribution in [0.1, 0.15) is 25.7 Å². The molecule has 0 aliphatic heterocycles. The van der Waals surface area contributed by atoms with Crippen molar-refractivity contribution in [3.05, 3.63) is 21.9 Å². The number of hydrogen-bond donors (Lipinski definition) is 3. The lowest BCUT2D eigenvalue weighted by atomic mass is 9.93. The second-order valence-corrected chi connectivity index (χ2v) is 5.82. The van der Waals surface area contributed by atoms with Crippen LogP contribution in [0.3, 0.4) is 0 Å². The number of rotatable bonds is 2. The van der Waals surface area contributed by atoms with Gasteiger partial charge >= 0.3 is 6.03 Å². The van der Waals surface area contributed by atoms with Gasteiger partial charge in [-0.05, 0) is 41.6 Å². The fraction of sp³-hybridized carbons (Fsp3) is 0.500. The molecule has 19 heavy (non-hydrogen) atoms. The van der Waals surface area contributed by atoms with E-state index in [0.29, 0.717) is 15.2 Å². The summed E-state index contributed by atoms with van der Waals surface area (Å²) >= 11 is 9.28. The standard InChI is InChI=1S/C12H15BrClN3O2/c13-9-5-15-6-10(11(9)14)17-12(19)16-7-1-3-8(18)4-2-7/h5-8,18H,1-4H2,(H2,16,17,19). The first-order chi connectivity index (χ1) is 9.06. The minimum absolute atomic E-state index is 0.0993. The van der Waals surface area contributed by atoms with E-state index in [0.717, 1.165) is 25.7 Å². The maximum Gasteiger partial charge on any atom is 0.319 e. The van der Waals surface area contributed by atoms with Crippen molar-refractivity contribution in [2.24, 2.45) is 0 Å². The Hall–Kier alpha value is -0.850. The molecule has 1 saturated carbocycles. The van der Waals surface area contributed by atoms with Gasteiger partial charge in [-0.25, -0.2) is 4.79 Å². The Morgan fingerprint density at radius 2 is 2.05 bits per heavy atom. The monoisotopic (exact) mass is 347 g/mol. The molecule has 0 saturated heterocycles. The molecule has 0 bridgehead atoms. The number of aliphatic hydroxyl groups excluding tert-OH is 1. The number of aromatic nitrogens is 1. The van der Waals surface area contributed by atoms with Gasteiger partial charge < -0.3 is 15.7 Å². The van der Waals surface area contributed by atoms with Crippen LogP contribution in [0.15, 0.2) is 16.9 Å². The average Bonchev–Trinajstić information content (AvgIpc) is 2.38. The Morgan fingerprint density at radius 1 is 1.37 bits per heavy atom. The van der Waals surface area contributed by atoms with Gasteiger partial charge in [0.1, 0.15) is 0 Å². The Bertz CT molecular complexity index is 464. The van der Waals surface area contributed by atoms with E-state index in [-0.39, 0.29) is 18.2 Å². The van der Waals surface area contributed by atoms with E-state index >= 15 is 0 Å². The van der Waals surface area contributed by atoms with Gasteiger partial charge in [0.05, 0.1) is 27.5 Å². The highest BCUT2D eigenvalue weighted by atomic mass is 79.9. The second kappa shape index (κ2) is 6.54. The normalized spacial score (nSPS) is 22.9. The molecular formula is C12H15BrClN3O2. The summed E-state index contributed by atoms with van der Waals surface area (Å²) in [6.07, 6.45) is 5.86. The van der Waals surface area contributed by atoms with Crippen LogP contribution < -0.4 is 10.6 Å². The van der Waals surface area contributed by atoms with Crippen LogP contribution in [0.25, 0.3) is 0 Å². The molecule has 1 aliphatic rings. The summed E-state index contributed by atoms with van der Waals surface area (Å²) in [4.78, 5) is 15.8. The van der Waals surface area contributed by atoms with Crippen LogP contribution in [-0.2, 0) is 0 Å². The third kappa shape index (κ3) is 4.06. The minimum atomic E-state index is -0.303. The molecule has 0 aromatic carbocycles. The summed E-state index contributed by atoms with van der Waals surface area (Å²) in [6.45, 7) is 0. The first-order valence-electron chi connectivity index (χ1n) is 6.11. The molecule has 2 amide bonds.